The molecule has 7 heteroatoms. The average Bonchev–Trinajstić information content (AvgIpc) is 2.74. The van der Waals surface area contributed by atoms with Crippen molar-refractivity contribution < 1.29 is 9.59 Å². The Bertz CT molecular complexity index is 838. The number of carbonyl (C=O) groups excluding carboxylic acids is 2. The zero-order chi connectivity index (χ0) is 20.6. The van der Waals surface area contributed by atoms with Crippen molar-refractivity contribution in [2.24, 2.45) is 0 Å². The van der Waals surface area contributed by atoms with Crippen molar-refractivity contribution in [1.29, 1.82) is 0 Å². The summed E-state index contributed by atoms with van der Waals surface area (Å²) >= 11 is 0. The second kappa shape index (κ2) is 11.6. The maximum atomic E-state index is 13.3. The summed E-state index contributed by atoms with van der Waals surface area (Å²) in [5.74, 6) is 0.0327. The van der Waals surface area contributed by atoms with E-state index in [0.717, 1.165) is 50.1 Å². The lowest BCUT2D eigenvalue weighted by Crippen LogP contribution is -2.46. The first-order valence-electron chi connectivity index (χ1n) is 10.3. The third kappa shape index (κ3) is 6.21. The van der Waals surface area contributed by atoms with Crippen LogP contribution in [0.3, 0.4) is 0 Å². The van der Waals surface area contributed by atoms with Crippen molar-refractivity contribution in [3.05, 3.63) is 59.7 Å². The summed E-state index contributed by atoms with van der Waals surface area (Å²) < 4.78 is 0. The Labute approximate surface area is 184 Å². The summed E-state index contributed by atoms with van der Waals surface area (Å²) in [5, 5.41) is 9.04. The van der Waals surface area contributed by atoms with Crippen LogP contribution < -0.4 is 16.0 Å². The van der Waals surface area contributed by atoms with Gasteiger partial charge >= 0.3 is 6.03 Å². The molecule has 0 unspecified atom stereocenters. The van der Waals surface area contributed by atoms with Crippen LogP contribution in [0.25, 0.3) is 0 Å². The summed E-state index contributed by atoms with van der Waals surface area (Å²) in [6, 6.07) is 14.7. The molecule has 1 heterocycles. The summed E-state index contributed by atoms with van der Waals surface area (Å²) in [6.07, 6.45) is 2.87. The number of carbonyl (C=O) groups is 2. The summed E-state index contributed by atoms with van der Waals surface area (Å²) in [5.41, 5.74) is 2.88. The number of halogens is 1. The maximum Gasteiger partial charge on any atom is 0.323 e. The highest BCUT2D eigenvalue weighted by Gasteiger charge is 2.26. The van der Waals surface area contributed by atoms with E-state index in [2.05, 4.69) is 22.9 Å². The second-order valence-electron chi connectivity index (χ2n) is 7.45. The molecular formula is C23H31ClN4O2. The minimum absolute atomic E-state index is 0. The van der Waals surface area contributed by atoms with E-state index in [9.17, 15) is 9.59 Å². The fourth-order valence-electron chi connectivity index (χ4n) is 3.67. The maximum absolute atomic E-state index is 13.3. The van der Waals surface area contributed by atoms with Gasteiger partial charge in [-0.1, -0.05) is 31.2 Å². The van der Waals surface area contributed by atoms with Crippen LogP contribution in [0, 0.1) is 6.92 Å². The van der Waals surface area contributed by atoms with Crippen molar-refractivity contribution in [1.82, 2.24) is 10.2 Å². The van der Waals surface area contributed by atoms with Gasteiger partial charge in [0.25, 0.3) is 5.91 Å². The minimum atomic E-state index is -0.326. The minimum Gasteiger partial charge on any atom is -0.336 e. The lowest BCUT2D eigenvalue weighted by atomic mass is 10.0. The zero-order valence-corrected chi connectivity index (χ0v) is 18.4. The molecule has 6 nitrogen and oxygen atoms in total. The van der Waals surface area contributed by atoms with E-state index in [-0.39, 0.29) is 30.4 Å². The molecule has 0 aliphatic carbocycles. The van der Waals surface area contributed by atoms with Crippen LogP contribution >= 0.6 is 12.4 Å². The molecule has 0 saturated carbocycles. The Morgan fingerprint density at radius 3 is 2.43 bits per heavy atom. The van der Waals surface area contributed by atoms with Crippen molar-refractivity contribution in [3.63, 3.8) is 0 Å². The highest BCUT2D eigenvalue weighted by atomic mass is 35.5. The molecule has 0 bridgehead atoms. The molecule has 2 aromatic rings. The van der Waals surface area contributed by atoms with Crippen molar-refractivity contribution in [2.45, 2.75) is 39.2 Å². The third-order valence-electron chi connectivity index (χ3n) is 5.24. The molecule has 3 amide bonds. The number of hydrogen-bond donors (Lipinski definition) is 3. The van der Waals surface area contributed by atoms with Crippen LogP contribution in [-0.4, -0.2) is 42.5 Å². The highest BCUT2D eigenvalue weighted by molar-refractivity contribution is 6.02. The van der Waals surface area contributed by atoms with Gasteiger partial charge in [-0.15, -0.1) is 12.4 Å². The van der Waals surface area contributed by atoms with Gasteiger partial charge in [0.15, 0.2) is 0 Å². The van der Waals surface area contributed by atoms with Crippen LogP contribution in [0.2, 0.25) is 0 Å². The Hall–Kier alpha value is -2.57. The van der Waals surface area contributed by atoms with Crippen molar-refractivity contribution >= 4 is 35.7 Å². The Balaban J connectivity index is 0.00000320. The molecular weight excluding hydrogens is 400 g/mol. The number of para-hydroxylation sites is 1. The lowest BCUT2D eigenvalue weighted by Gasteiger charge is -2.34. The molecule has 1 saturated heterocycles. The predicted molar refractivity (Wildman–Crippen MR) is 125 cm³/mol. The third-order valence-corrected chi connectivity index (χ3v) is 5.24. The quantitative estimate of drug-likeness (QED) is 0.623. The van der Waals surface area contributed by atoms with Gasteiger partial charge in [0.2, 0.25) is 0 Å². The normalized spacial score (nSPS) is 13.8. The number of amides is 3. The van der Waals surface area contributed by atoms with Crippen molar-refractivity contribution in [2.75, 3.05) is 30.3 Å². The van der Waals surface area contributed by atoms with Gasteiger partial charge in [-0.05, 0) is 69.1 Å². The number of nitrogens with zero attached hydrogens (tertiary/aromatic N) is 1. The fraction of sp³-hybridized carbons (Fsp3) is 0.391. The molecule has 0 spiro atoms. The van der Waals surface area contributed by atoms with E-state index in [4.69, 9.17) is 0 Å². The van der Waals surface area contributed by atoms with E-state index in [1.165, 1.54) is 0 Å². The molecule has 1 aliphatic heterocycles. The average molecular weight is 431 g/mol. The number of nitrogens with one attached hydrogen (secondary N) is 3. The zero-order valence-electron chi connectivity index (χ0n) is 17.6. The first-order valence-corrected chi connectivity index (χ1v) is 10.3. The molecule has 162 valence electrons. The number of rotatable bonds is 6. The number of urea groups is 1. The first-order chi connectivity index (χ1) is 14.1. The molecule has 3 rings (SSSR count). The summed E-state index contributed by atoms with van der Waals surface area (Å²) in [4.78, 5) is 27.6. The van der Waals surface area contributed by atoms with Crippen molar-refractivity contribution in [3.8, 4) is 0 Å². The summed E-state index contributed by atoms with van der Waals surface area (Å²) in [6.45, 7) is 6.64. The molecule has 1 fully saturated rings. The molecule has 0 atom stereocenters. The van der Waals surface area contributed by atoms with Gasteiger partial charge in [0.05, 0.1) is 0 Å². The van der Waals surface area contributed by atoms with E-state index in [0.29, 0.717) is 11.3 Å². The van der Waals surface area contributed by atoms with Gasteiger partial charge < -0.3 is 20.9 Å². The standard InChI is InChI=1S/C23H30N4O2.ClH/c1-3-15-27(20-11-13-24-14-12-20)22(28)18-10-9-17(2)21(16-18)26-23(29)25-19-7-5-4-6-8-19;/h4-10,16,20,24H,3,11-15H2,1-2H3,(H2,25,26,29);1H. The van der Waals surface area contributed by atoms with E-state index >= 15 is 0 Å². The van der Waals surface area contributed by atoms with Gasteiger partial charge in [0.1, 0.15) is 0 Å². The first kappa shape index (κ1) is 23.7. The highest BCUT2D eigenvalue weighted by Crippen LogP contribution is 2.21. The largest absolute Gasteiger partial charge is 0.336 e. The number of piperidine rings is 1. The number of benzene rings is 2. The Kier molecular flexibility index (Phi) is 9.15. The molecule has 1 aliphatic rings. The number of hydrogen-bond acceptors (Lipinski definition) is 3. The Morgan fingerprint density at radius 1 is 1.07 bits per heavy atom. The van der Waals surface area contributed by atoms with Crippen LogP contribution in [0.1, 0.15) is 42.1 Å². The molecule has 30 heavy (non-hydrogen) atoms. The topological polar surface area (TPSA) is 73.5 Å². The lowest BCUT2D eigenvalue weighted by molar-refractivity contribution is 0.0642. The second-order valence-corrected chi connectivity index (χ2v) is 7.45. The predicted octanol–water partition coefficient (Wildman–Crippen LogP) is 4.67. The molecule has 0 radical (unpaired) electrons. The van der Waals surface area contributed by atoms with Crippen LogP contribution in [0.15, 0.2) is 48.5 Å². The smallest absolute Gasteiger partial charge is 0.323 e. The van der Waals surface area contributed by atoms with Crippen LogP contribution in [0.4, 0.5) is 16.2 Å². The SMILES string of the molecule is CCCN(C(=O)c1ccc(C)c(NC(=O)Nc2ccccc2)c1)C1CCNCC1.Cl. The molecule has 2 aromatic carbocycles. The number of anilines is 2. The van der Waals surface area contributed by atoms with E-state index < -0.39 is 0 Å². The van der Waals surface area contributed by atoms with E-state index in [1.54, 1.807) is 6.07 Å². The Morgan fingerprint density at radius 2 is 1.77 bits per heavy atom. The molecule has 0 aromatic heterocycles. The van der Waals surface area contributed by atoms with Crippen LogP contribution in [-0.2, 0) is 0 Å². The van der Waals surface area contributed by atoms with Gasteiger partial charge in [-0.25, -0.2) is 4.79 Å². The fourth-order valence-corrected chi connectivity index (χ4v) is 3.67. The van der Waals surface area contributed by atoms with Gasteiger partial charge in [0, 0.05) is 29.5 Å². The monoisotopic (exact) mass is 430 g/mol. The molecule has 3 N–H and O–H groups in total. The van der Waals surface area contributed by atoms with Gasteiger partial charge in [-0.3, -0.25) is 4.79 Å². The van der Waals surface area contributed by atoms with Gasteiger partial charge in [-0.2, -0.15) is 0 Å². The van der Waals surface area contributed by atoms with Crippen LogP contribution in [0.5, 0.6) is 0 Å². The van der Waals surface area contributed by atoms with E-state index in [1.807, 2.05) is 54.3 Å². The summed E-state index contributed by atoms with van der Waals surface area (Å²) in [7, 11) is 0. The number of aryl methyl sites for hydroxylation is 1.